The summed E-state index contributed by atoms with van der Waals surface area (Å²) in [6, 6.07) is 0. The monoisotopic (exact) mass is 484 g/mol. The van der Waals surface area contributed by atoms with E-state index in [0.717, 1.165) is 19.3 Å². The number of esters is 1. The second-order valence-electron chi connectivity index (χ2n) is 12.5. The molecule has 2 bridgehead atoms. The number of fused-ring (bicyclic) bond motifs is 3. The van der Waals surface area contributed by atoms with Crippen LogP contribution in [0.2, 0.25) is 0 Å². The maximum atomic E-state index is 12.7. The topological polar surface area (TPSA) is 146 Å². The van der Waals surface area contributed by atoms with E-state index in [2.05, 4.69) is 20.8 Å². The summed E-state index contributed by atoms with van der Waals surface area (Å²) in [7, 11) is 0. The average molecular weight is 485 g/mol. The van der Waals surface area contributed by atoms with Crippen LogP contribution in [0.4, 0.5) is 0 Å². The van der Waals surface area contributed by atoms with Gasteiger partial charge in [0.2, 0.25) is 0 Å². The highest BCUT2D eigenvalue weighted by atomic mass is 16.7. The van der Waals surface area contributed by atoms with Crippen LogP contribution < -0.4 is 0 Å². The Morgan fingerprint density at radius 1 is 0.912 bits per heavy atom. The van der Waals surface area contributed by atoms with Crippen LogP contribution in [0, 0.1) is 28.1 Å². The van der Waals surface area contributed by atoms with E-state index >= 15 is 0 Å². The van der Waals surface area contributed by atoms with Crippen molar-refractivity contribution in [2.75, 3.05) is 6.61 Å². The van der Waals surface area contributed by atoms with Crippen molar-refractivity contribution < 1.29 is 44.5 Å². The van der Waals surface area contributed by atoms with E-state index in [0.29, 0.717) is 19.3 Å². The van der Waals surface area contributed by atoms with Gasteiger partial charge < -0.3 is 39.7 Å². The van der Waals surface area contributed by atoms with Gasteiger partial charge in [0, 0.05) is 5.92 Å². The summed E-state index contributed by atoms with van der Waals surface area (Å²) >= 11 is 0. The number of carbonyl (C=O) groups excluding carboxylic acids is 1. The molecule has 34 heavy (non-hydrogen) atoms. The Bertz CT molecular complexity index is 831. The quantitative estimate of drug-likeness (QED) is 0.285. The Balaban J connectivity index is 1.38. The molecule has 3 saturated carbocycles. The van der Waals surface area contributed by atoms with E-state index in [4.69, 9.17) is 14.2 Å². The van der Waals surface area contributed by atoms with Gasteiger partial charge in [0.05, 0.1) is 18.1 Å². The largest absolute Gasteiger partial charge is 0.455 e. The van der Waals surface area contributed by atoms with Crippen LogP contribution in [-0.4, -0.2) is 86.6 Å². The fourth-order valence-electron chi connectivity index (χ4n) is 8.57. The van der Waals surface area contributed by atoms with Crippen molar-refractivity contribution in [2.24, 2.45) is 28.1 Å². The summed E-state index contributed by atoms with van der Waals surface area (Å²) in [5, 5.41) is 51.5. The first-order chi connectivity index (χ1) is 15.8. The number of hydrogen-bond acceptors (Lipinski definition) is 9. The molecular formula is C25H40O9. The Labute approximate surface area is 200 Å². The summed E-state index contributed by atoms with van der Waals surface area (Å²) in [5.41, 5.74) is -2.14. The Morgan fingerprint density at radius 3 is 2.26 bits per heavy atom. The standard InChI is InChI=1S/C25H40O9/c1-22(2)13-6-10-25-14(5-8-24(4,20(25)30)21(31)34-25)23(13,3)9-7-15(22)33-19-18(29)17(28)16(27)12(11-26)32-19/h12-20,26-30H,5-11H2,1-4H3/t12-,13-,14+,15-,16-,17+,18-,19+,20-,23-,24+,25-/m1/s1. The lowest BCUT2D eigenvalue weighted by molar-refractivity contribution is -0.331. The molecular weight excluding hydrogens is 444 g/mol. The van der Waals surface area contributed by atoms with Gasteiger partial charge >= 0.3 is 5.97 Å². The van der Waals surface area contributed by atoms with Gasteiger partial charge in [0.25, 0.3) is 0 Å². The third-order valence-electron chi connectivity index (χ3n) is 10.6. The predicted octanol–water partition coefficient (Wildman–Crippen LogP) is 0.481. The van der Waals surface area contributed by atoms with Crippen molar-refractivity contribution in [3.05, 3.63) is 0 Å². The zero-order valence-electron chi connectivity index (χ0n) is 20.5. The number of rotatable bonds is 3. The summed E-state index contributed by atoms with van der Waals surface area (Å²) in [6.07, 6.45) is -3.27. The normalized spacial score (nSPS) is 56.4. The van der Waals surface area contributed by atoms with Gasteiger partial charge in [-0.05, 0) is 62.2 Å². The summed E-state index contributed by atoms with van der Waals surface area (Å²) in [5.74, 6) is -0.000624. The minimum Gasteiger partial charge on any atom is -0.455 e. The minimum atomic E-state index is -1.47. The van der Waals surface area contributed by atoms with Gasteiger partial charge in [-0.2, -0.15) is 0 Å². The number of carbonyl (C=O) groups is 1. The van der Waals surface area contributed by atoms with Crippen molar-refractivity contribution >= 4 is 5.97 Å². The summed E-state index contributed by atoms with van der Waals surface area (Å²) in [6.45, 7) is 7.88. The molecule has 5 fully saturated rings. The lowest BCUT2D eigenvalue weighted by atomic mass is 9.41. The van der Waals surface area contributed by atoms with Crippen molar-refractivity contribution in [2.45, 2.75) is 115 Å². The second kappa shape index (κ2) is 7.84. The maximum Gasteiger partial charge on any atom is 0.315 e. The predicted molar refractivity (Wildman–Crippen MR) is 118 cm³/mol. The molecule has 0 aromatic heterocycles. The molecule has 2 saturated heterocycles. The molecule has 0 amide bonds. The van der Waals surface area contributed by atoms with E-state index < -0.39 is 54.4 Å². The number of aliphatic hydroxyl groups excluding tert-OH is 5. The van der Waals surface area contributed by atoms with Crippen molar-refractivity contribution in [3.8, 4) is 0 Å². The van der Waals surface area contributed by atoms with Crippen molar-refractivity contribution in [3.63, 3.8) is 0 Å². The zero-order valence-corrected chi connectivity index (χ0v) is 20.5. The van der Waals surface area contributed by atoms with E-state index in [-0.39, 0.29) is 34.7 Å². The van der Waals surface area contributed by atoms with Crippen molar-refractivity contribution in [1.29, 1.82) is 0 Å². The van der Waals surface area contributed by atoms with Gasteiger partial charge in [0.1, 0.15) is 36.1 Å². The number of ether oxygens (including phenoxy) is 3. The molecule has 2 heterocycles. The fourth-order valence-corrected chi connectivity index (χ4v) is 8.57. The molecule has 9 nitrogen and oxygen atoms in total. The molecule has 5 aliphatic rings. The van der Waals surface area contributed by atoms with Crippen LogP contribution in [-0.2, 0) is 19.0 Å². The van der Waals surface area contributed by atoms with Gasteiger partial charge in [-0.25, -0.2) is 0 Å². The first kappa shape index (κ1) is 24.9. The first-order valence-corrected chi connectivity index (χ1v) is 12.7. The summed E-state index contributed by atoms with van der Waals surface area (Å²) in [4.78, 5) is 12.7. The Kier molecular flexibility index (Phi) is 5.74. The third-order valence-corrected chi connectivity index (χ3v) is 10.6. The van der Waals surface area contributed by atoms with Gasteiger partial charge in [0.15, 0.2) is 6.29 Å². The highest BCUT2D eigenvalue weighted by Gasteiger charge is 2.74. The maximum absolute atomic E-state index is 12.7. The molecule has 0 unspecified atom stereocenters. The molecule has 5 N–H and O–H groups in total. The smallest absolute Gasteiger partial charge is 0.315 e. The molecule has 3 aliphatic carbocycles. The van der Waals surface area contributed by atoms with Gasteiger partial charge in [-0.15, -0.1) is 0 Å². The third kappa shape index (κ3) is 3.07. The lowest BCUT2D eigenvalue weighted by Gasteiger charge is -2.65. The van der Waals surface area contributed by atoms with Crippen LogP contribution in [0.3, 0.4) is 0 Å². The van der Waals surface area contributed by atoms with Crippen LogP contribution in [0.25, 0.3) is 0 Å². The molecule has 0 aromatic rings. The first-order valence-electron chi connectivity index (χ1n) is 12.7. The molecule has 0 radical (unpaired) electrons. The highest BCUT2D eigenvalue weighted by molar-refractivity contribution is 5.81. The van der Waals surface area contributed by atoms with E-state index in [1.54, 1.807) is 0 Å². The molecule has 5 rings (SSSR count). The molecule has 9 heteroatoms. The van der Waals surface area contributed by atoms with E-state index in [1.165, 1.54) is 0 Å². The van der Waals surface area contributed by atoms with Gasteiger partial charge in [-0.3, -0.25) is 4.79 Å². The van der Waals surface area contributed by atoms with Gasteiger partial charge in [-0.1, -0.05) is 20.8 Å². The highest BCUT2D eigenvalue weighted by Crippen LogP contribution is 2.69. The molecule has 12 atom stereocenters. The average Bonchev–Trinajstić information content (AvgIpc) is 2.88. The second-order valence-corrected chi connectivity index (χ2v) is 12.5. The van der Waals surface area contributed by atoms with E-state index in [1.807, 2.05) is 6.92 Å². The Morgan fingerprint density at radius 2 is 1.59 bits per heavy atom. The van der Waals surface area contributed by atoms with Crippen LogP contribution in [0.15, 0.2) is 0 Å². The lowest BCUT2D eigenvalue weighted by Crippen LogP contribution is -2.67. The molecule has 1 spiro atoms. The van der Waals surface area contributed by atoms with Crippen molar-refractivity contribution in [1.82, 2.24) is 0 Å². The van der Waals surface area contributed by atoms with E-state index in [9.17, 15) is 30.3 Å². The fraction of sp³-hybridized carbons (Fsp3) is 0.960. The number of aliphatic hydroxyl groups is 5. The Hall–Kier alpha value is -0.810. The molecule has 2 aliphatic heterocycles. The minimum absolute atomic E-state index is 0.0563. The SMILES string of the molecule is CC1(C)[C@H]2CC[C@@]34OC(=O)[C@@](C)(CC[C@H]3[C@]2(C)CC[C@H]1O[C@@H]1O[C@H](CO)[C@@H](O)[C@H](O)[C@H]1O)[C@H]4O. The van der Waals surface area contributed by atoms with Crippen LogP contribution in [0.5, 0.6) is 0 Å². The summed E-state index contributed by atoms with van der Waals surface area (Å²) < 4.78 is 17.9. The van der Waals surface area contributed by atoms with Crippen LogP contribution >= 0.6 is 0 Å². The van der Waals surface area contributed by atoms with Crippen LogP contribution in [0.1, 0.15) is 66.2 Å². The zero-order chi connectivity index (χ0) is 24.8. The number of hydrogen-bond donors (Lipinski definition) is 5. The molecule has 0 aromatic carbocycles. The molecule has 194 valence electrons.